The predicted octanol–water partition coefficient (Wildman–Crippen LogP) is 4.63. The van der Waals surface area contributed by atoms with E-state index in [2.05, 4.69) is 91.0 Å². The normalized spacial score (nSPS) is 16.1. The Bertz CT molecular complexity index is 850. The van der Waals surface area contributed by atoms with Crippen LogP contribution in [0.5, 0.6) is 0 Å². The van der Waals surface area contributed by atoms with Gasteiger partial charge in [-0.1, -0.05) is 0 Å². The van der Waals surface area contributed by atoms with Crippen LogP contribution < -0.4 is 0 Å². The van der Waals surface area contributed by atoms with Crippen molar-refractivity contribution in [3.05, 3.63) is 108 Å². The maximum atomic E-state index is 2.34. The van der Waals surface area contributed by atoms with Gasteiger partial charge in [-0.15, -0.1) is 0 Å². The Morgan fingerprint density at radius 3 is 1.70 bits per heavy atom. The fourth-order valence-corrected chi connectivity index (χ4v) is 33.9. The van der Waals surface area contributed by atoms with Crippen LogP contribution in [0, 0.1) is 0 Å². The Morgan fingerprint density at radius 1 is 0.565 bits per heavy atom. The SMILES string of the molecule is c1ccc([C]2=C(c3ccccc3)[CH](c3ccccc3)[In]=[In]2)cc1. The molecule has 0 radical (unpaired) electrons. The molecule has 0 N–H and O–H groups in total. The molecule has 0 fully saturated rings. The summed E-state index contributed by atoms with van der Waals surface area (Å²) in [6.07, 6.45) is 0. The van der Waals surface area contributed by atoms with Crippen molar-refractivity contribution in [2.24, 2.45) is 0 Å². The molecule has 23 heavy (non-hydrogen) atoms. The molecule has 1 aliphatic rings. The molecule has 0 spiro atoms. The van der Waals surface area contributed by atoms with E-state index in [4.69, 9.17) is 0 Å². The van der Waals surface area contributed by atoms with E-state index >= 15 is 0 Å². The first-order valence-corrected chi connectivity index (χ1v) is 26.2. The third-order valence-corrected chi connectivity index (χ3v) is 28.3. The molecular weight excluding hydrogens is 482 g/mol. The van der Waals surface area contributed by atoms with Gasteiger partial charge in [0, 0.05) is 0 Å². The Kier molecular flexibility index (Phi) is 5.01. The van der Waals surface area contributed by atoms with Crippen molar-refractivity contribution in [1.82, 2.24) is 0 Å². The van der Waals surface area contributed by atoms with Gasteiger partial charge in [0.25, 0.3) is 0 Å². The fraction of sp³-hybridized carbons (Fsp3) is 0.0476. The van der Waals surface area contributed by atoms with Crippen LogP contribution in [0.15, 0.2) is 91.0 Å². The van der Waals surface area contributed by atoms with Crippen LogP contribution in [0.4, 0.5) is 0 Å². The van der Waals surface area contributed by atoms with Crippen molar-refractivity contribution in [3.63, 3.8) is 0 Å². The number of hydrogen-bond donors (Lipinski definition) is 0. The van der Waals surface area contributed by atoms with Gasteiger partial charge in [0.1, 0.15) is 0 Å². The van der Waals surface area contributed by atoms with Gasteiger partial charge in [0.15, 0.2) is 0 Å². The minimum absolute atomic E-state index is 0.519. The van der Waals surface area contributed by atoms with Gasteiger partial charge in [0.05, 0.1) is 0 Å². The van der Waals surface area contributed by atoms with Crippen LogP contribution in [-0.4, -0.2) is 35.2 Å². The standard InChI is InChI=1S/C21H16.2In/c1-4-10-18(11-5-1)16-21(20-14-8-3-9-15-20)17-19-12-6-2-7-13-19;;/h1-16H;;. The zero-order valence-corrected chi connectivity index (χ0v) is 19.5. The first-order chi connectivity index (χ1) is 11.4. The van der Waals surface area contributed by atoms with E-state index in [9.17, 15) is 0 Å². The molecule has 1 heterocycles. The first kappa shape index (κ1) is 15.7. The summed E-state index contributed by atoms with van der Waals surface area (Å²) in [7, 11) is 0. The minimum atomic E-state index is -0.566. The molecule has 0 saturated carbocycles. The van der Waals surface area contributed by atoms with Crippen LogP contribution >= 0.6 is 0 Å². The maximum absolute atomic E-state index is 2.34. The van der Waals surface area contributed by atoms with Gasteiger partial charge in [0.2, 0.25) is 0 Å². The van der Waals surface area contributed by atoms with Crippen LogP contribution in [0.25, 0.3) is 8.90 Å². The van der Waals surface area contributed by atoms with E-state index in [1.54, 1.807) is 14.5 Å². The average molecular weight is 498 g/mol. The van der Waals surface area contributed by atoms with Crippen molar-refractivity contribution in [2.75, 3.05) is 0 Å². The summed E-state index contributed by atoms with van der Waals surface area (Å²) >= 11 is -1.09. The molecule has 0 aliphatic carbocycles. The quantitative estimate of drug-likeness (QED) is 0.495. The van der Waals surface area contributed by atoms with Crippen molar-refractivity contribution in [3.8, 4) is 0 Å². The second-order valence-corrected chi connectivity index (χ2v) is 25.2. The number of rotatable bonds is 3. The summed E-state index contributed by atoms with van der Waals surface area (Å²) < 4.78 is 2.55. The van der Waals surface area contributed by atoms with Gasteiger partial charge in [-0.25, -0.2) is 0 Å². The predicted molar refractivity (Wildman–Crippen MR) is 100 cm³/mol. The zero-order valence-electron chi connectivity index (χ0n) is 12.9. The van der Waals surface area contributed by atoms with Gasteiger partial charge in [-0.3, -0.25) is 0 Å². The Morgan fingerprint density at radius 2 is 1.09 bits per heavy atom. The molecule has 0 aromatic heterocycles. The summed E-state index contributed by atoms with van der Waals surface area (Å²) in [5.74, 6) is 0. The van der Waals surface area contributed by atoms with E-state index in [1.807, 2.05) is 0 Å². The summed E-state index contributed by atoms with van der Waals surface area (Å²) in [5, 5.41) is 0. The van der Waals surface area contributed by atoms with E-state index in [0.29, 0.717) is 0 Å². The van der Waals surface area contributed by atoms with E-state index in [0.717, 1.165) is 3.67 Å². The summed E-state index contributed by atoms with van der Waals surface area (Å²) in [5.41, 5.74) is 6.18. The number of benzene rings is 3. The van der Waals surface area contributed by atoms with Crippen molar-refractivity contribution in [2.45, 2.75) is 3.67 Å². The zero-order chi connectivity index (χ0) is 15.5. The third-order valence-electron chi connectivity index (χ3n) is 4.38. The van der Waals surface area contributed by atoms with Gasteiger partial charge < -0.3 is 0 Å². The van der Waals surface area contributed by atoms with E-state index in [-0.39, 0.29) is 0 Å². The molecule has 1 atom stereocenters. The molecule has 0 nitrogen and oxygen atoms in total. The van der Waals surface area contributed by atoms with Crippen LogP contribution in [-0.2, 0) is 0 Å². The second-order valence-electron chi connectivity index (χ2n) is 5.81. The van der Waals surface area contributed by atoms with Crippen LogP contribution in [0.1, 0.15) is 20.4 Å². The number of hydrogen-bond acceptors (Lipinski definition) is 0. The summed E-state index contributed by atoms with van der Waals surface area (Å²) in [6.45, 7) is 0. The molecule has 1 unspecified atom stereocenters. The Balaban J connectivity index is 1.90. The van der Waals surface area contributed by atoms with Crippen molar-refractivity contribution >= 4 is 44.1 Å². The first-order valence-electron chi connectivity index (χ1n) is 8.01. The van der Waals surface area contributed by atoms with Crippen molar-refractivity contribution < 1.29 is 0 Å². The molecule has 1 aliphatic heterocycles. The van der Waals surface area contributed by atoms with Crippen LogP contribution in [0.2, 0.25) is 0 Å². The van der Waals surface area contributed by atoms with Crippen LogP contribution in [0.3, 0.4) is 0 Å². The third kappa shape index (κ3) is 3.34. The van der Waals surface area contributed by atoms with Gasteiger partial charge >= 0.3 is 155 Å². The topological polar surface area (TPSA) is 0 Å². The molecule has 0 bridgehead atoms. The molecule has 2 heteroatoms. The average Bonchev–Trinajstić information content (AvgIpc) is 3.09. The van der Waals surface area contributed by atoms with E-state index < -0.39 is 35.2 Å². The van der Waals surface area contributed by atoms with E-state index in [1.165, 1.54) is 11.1 Å². The monoisotopic (exact) mass is 498 g/mol. The molecule has 3 aromatic carbocycles. The Labute approximate surface area is 154 Å². The summed E-state index contributed by atoms with van der Waals surface area (Å²) in [4.78, 5) is 0. The van der Waals surface area contributed by atoms with Gasteiger partial charge in [-0.05, 0) is 0 Å². The molecular formula is C21H16In2. The van der Waals surface area contributed by atoms with Gasteiger partial charge in [-0.2, -0.15) is 0 Å². The molecule has 4 rings (SSSR count). The summed E-state index contributed by atoms with van der Waals surface area (Å²) in [6, 6.07) is 33.5. The molecule has 3 aromatic rings. The molecule has 0 amide bonds. The van der Waals surface area contributed by atoms with Crippen molar-refractivity contribution in [1.29, 1.82) is 0 Å². The molecule has 0 saturated heterocycles. The fourth-order valence-electron chi connectivity index (χ4n) is 3.31. The molecule has 106 valence electrons. The number of allylic oxidation sites excluding steroid dienone is 1. The Hall–Kier alpha value is -0.860. The second kappa shape index (κ2) is 7.36.